The molecule has 1 heterocycles. The van der Waals surface area contributed by atoms with Crippen molar-refractivity contribution in [3.63, 3.8) is 0 Å². The van der Waals surface area contributed by atoms with E-state index in [1.54, 1.807) is 69.3 Å². The largest absolute Gasteiger partial charge is 0.456 e. The number of ketones is 1. The van der Waals surface area contributed by atoms with Crippen molar-refractivity contribution in [2.24, 2.45) is 16.7 Å². The lowest BCUT2D eigenvalue weighted by Gasteiger charge is -2.67. The molecule has 0 unspecified atom stereocenters. The van der Waals surface area contributed by atoms with E-state index in [1.807, 2.05) is 30.3 Å². The Bertz CT molecular complexity index is 2190. The number of hydrogen-bond donors (Lipinski definition) is 4. The molecule has 3 fully saturated rings. The zero-order valence-electron chi connectivity index (χ0n) is 35.0. The van der Waals surface area contributed by atoms with Crippen LogP contribution in [-0.2, 0) is 49.4 Å². The van der Waals surface area contributed by atoms with Crippen molar-refractivity contribution in [1.82, 2.24) is 5.32 Å². The number of aliphatic hydroxyl groups excluding tert-OH is 2. The minimum absolute atomic E-state index is 0.0525. The Morgan fingerprint density at radius 2 is 1.48 bits per heavy atom. The van der Waals surface area contributed by atoms with Crippen LogP contribution in [0.25, 0.3) is 0 Å². The molecule has 14 nitrogen and oxygen atoms in total. The van der Waals surface area contributed by atoms with Crippen LogP contribution in [0.2, 0.25) is 0 Å². The van der Waals surface area contributed by atoms with Crippen LogP contribution in [0.5, 0.6) is 0 Å². The zero-order valence-corrected chi connectivity index (χ0v) is 35.0. The van der Waals surface area contributed by atoms with Crippen LogP contribution in [0.3, 0.4) is 0 Å². The predicted molar refractivity (Wildman–Crippen MR) is 217 cm³/mol. The van der Waals surface area contributed by atoms with Gasteiger partial charge >= 0.3 is 23.9 Å². The average molecular weight is 840 g/mol. The van der Waals surface area contributed by atoms with E-state index in [2.05, 4.69) is 5.32 Å². The number of fused-ring (bicyclic) bond motifs is 5. The number of aliphatic hydroxyl groups is 3. The fourth-order valence-electron chi connectivity index (χ4n) is 10.3. The molecule has 0 spiro atoms. The molecule has 2 bridgehead atoms. The summed E-state index contributed by atoms with van der Waals surface area (Å²) in [5, 5.41) is 40.8. The number of nitrogens with one attached hydrogen (secondary N) is 1. The maximum absolute atomic E-state index is 15.5. The van der Waals surface area contributed by atoms with Gasteiger partial charge in [0.25, 0.3) is 0 Å². The number of benzene rings is 3. The molecular weight excluding hydrogens is 787 g/mol. The molecule has 61 heavy (non-hydrogen) atoms. The highest BCUT2D eigenvalue weighted by Crippen LogP contribution is 2.64. The second-order valence-electron chi connectivity index (χ2n) is 17.4. The number of hydrogen-bond acceptors (Lipinski definition) is 14. The van der Waals surface area contributed by atoms with E-state index in [1.165, 1.54) is 26.0 Å². The smallest absolute Gasteiger partial charge is 0.338 e. The first-order chi connectivity index (χ1) is 28.9. The number of rotatable bonds is 11. The highest BCUT2D eigenvalue weighted by molar-refractivity contribution is 5.95. The highest BCUT2D eigenvalue weighted by Gasteiger charge is 2.78. The van der Waals surface area contributed by atoms with Gasteiger partial charge in [-0.1, -0.05) is 92.7 Å². The fourth-order valence-corrected chi connectivity index (χ4v) is 10.3. The lowest BCUT2D eigenvalue weighted by molar-refractivity contribution is -0.346. The first kappa shape index (κ1) is 43.8. The summed E-state index contributed by atoms with van der Waals surface area (Å²) in [6.45, 7) is 8.49. The molecule has 4 N–H and O–H groups in total. The van der Waals surface area contributed by atoms with Crippen molar-refractivity contribution in [3.8, 4) is 0 Å². The van der Waals surface area contributed by atoms with Crippen LogP contribution in [0, 0.1) is 16.7 Å². The first-order valence-electron chi connectivity index (χ1n) is 20.5. The van der Waals surface area contributed by atoms with Crippen LogP contribution in [0.4, 0.5) is 0 Å². The molecule has 3 aromatic carbocycles. The Morgan fingerprint density at radius 1 is 0.869 bits per heavy atom. The Labute approximate surface area is 354 Å². The van der Waals surface area contributed by atoms with Gasteiger partial charge in [0.05, 0.1) is 35.6 Å². The van der Waals surface area contributed by atoms with E-state index in [4.69, 9.17) is 23.7 Å². The molecule has 4 aliphatic rings. The molecule has 14 heteroatoms. The van der Waals surface area contributed by atoms with Crippen molar-refractivity contribution in [2.75, 3.05) is 6.61 Å². The van der Waals surface area contributed by atoms with E-state index in [0.717, 1.165) is 12.5 Å². The second-order valence-corrected chi connectivity index (χ2v) is 17.4. The Balaban J connectivity index is 1.38. The molecule has 0 amide bonds. The van der Waals surface area contributed by atoms with Crippen molar-refractivity contribution >= 4 is 29.7 Å². The summed E-state index contributed by atoms with van der Waals surface area (Å²) in [6, 6.07) is 25.2. The first-order valence-corrected chi connectivity index (χ1v) is 20.5. The molecule has 7 rings (SSSR count). The van der Waals surface area contributed by atoms with Crippen molar-refractivity contribution in [2.45, 2.75) is 115 Å². The van der Waals surface area contributed by atoms with E-state index in [-0.39, 0.29) is 36.3 Å². The summed E-state index contributed by atoms with van der Waals surface area (Å²) >= 11 is 0. The molecule has 3 aromatic rings. The topological polar surface area (TPSA) is 204 Å². The van der Waals surface area contributed by atoms with Gasteiger partial charge in [-0.25, -0.2) is 9.59 Å². The van der Waals surface area contributed by atoms with Crippen LogP contribution in [0.15, 0.2) is 102 Å². The van der Waals surface area contributed by atoms with Gasteiger partial charge in [0.1, 0.15) is 23.9 Å². The normalized spacial score (nSPS) is 32.3. The van der Waals surface area contributed by atoms with Crippen LogP contribution >= 0.6 is 0 Å². The number of carbonyl (C=O) groups is 5. The van der Waals surface area contributed by atoms with E-state index >= 15 is 4.79 Å². The van der Waals surface area contributed by atoms with Crippen molar-refractivity contribution in [1.29, 1.82) is 0 Å². The summed E-state index contributed by atoms with van der Waals surface area (Å²) in [5.41, 5.74) is -5.83. The highest BCUT2D eigenvalue weighted by atomic mass is 16.6. The van der Waals surface area contributed by atoms with Gasteiger partial charge in [0.15, 0.2) is 23.6 Å². The van der Waals surface area contributed by atoms with Gasteiger partial charge < -0.3 is 44.3 Å². The second kappa shape index (κ2) is 16.6. The number of Topliss-reactive ketones (excluding diaryl/α,β-unsaturated/α-hetero) is 1. The average Bonchev–Trinajstić information content (AvgIpc) is 3.22. The number of esters is 4. The summed E-state index contributed by atoms with van der Waals surface area (Å²) in [4.78, 5) is 70.0. The summed E-state index contributed by atoms with van der Waals surface area (Å²) in [7, 11) is 0. The monoisotopic (exact) mass is 839 g/mol. The van der Waals surface area contributed by atoms with Crippen LogP contribution in [-0.4, -0.2) is 99.4 Å². The van der Waals surface area contributed by atoms with E-state index in [0.29, 0.717) is 5.56 Å². The molecule has 0 radical (unpaired) electrons. The third kappa shape index (κ3) is 7.48. The standard InChI is InChI=1S/C47H53NO13/c1-26-32(59-43(55)37(52)36(30-18-12-8-13-19-30)48-24-29-16-10-7-11-17-29)23-47(56)41(60-42(54)31-20-14-9-15-21-31)39-45(6,33(51)22-34-46(39,25-57-34)61-28(3)50)40(53)38(58-27(2)49)35(26)44(47,4)5/h7-21,32-34,36-39,41,48,51-52,56H,22-25H2,1-6H3/t32-,33-,34+,36-,37+,38+,39-,41-,45+,46-,47+/m0/s1. The summed E-state index contributed by atoms with van der Waals surface area (Å²) in [6.07, 6.45) is -9.93. The van der Waals surface area contributed by atoms with Gasteiger partial charge in [0.2, 0.25) is 0 Å². The minimum atomic E-state index is -2.33. The molecular formula is C47H53NO13. The lowest BCUT2D eigenvalue weighted by Crippen LogP contribution is -2.82. The molecule has 11 atom stereocenters. The van der Waals surface area contributed by atoms with Crippen LogP contribution in [0.1, 0.15) is 81.9 Å². The molecule has 1 saturated heterocycles. The van der Waals surface area contributed by atoms with Gasteiger partial charge in [-0.3, -0.25) is 14.4 Å². The van der Waals surface area contributed by atoms with E-state index in [9.17, 15) is 34.5 Å². The van der Waals surface area contributed by atoms with Gasteiger partial charge in [-0.2, -0.15) is 0 Å². The van der Waals surface area contributed by atoms with E-state index < -0.39 is 107 Å². The van der Waals surface area contributed by atoms with Gasteiger partial charge in [-0.05, 0) is 48.3 Å². The zero-order chi connectivity index (χ0) is 44.1. The summed E-state index contributed by atoms with van der Waals surface area (Å²) in [5.74, 6) is -5.92. The molecule has 2 saturated carbocycles. The molecule has 0 aromatic heterocycles. The third-order valence-electron chi connectivity index (χ3n) is 13.5. The Morgan fingerprint density at radius 3 is 2.05 bits per heavy atom. The van der Waals surface area contributed by atoms with Crippen molar-refractivity contribution < 1.29 is 63.0 Å². The van der Waals surface area contributed by atoms with Gasteiger partial charge in [-0.15, -0.1) is 0 Å². The lowest BCUT2D eigenvalue weighted by atomic mass is 9.44. The molecule has 1 aliphatic heterocycles. The minimum Gasteiger partial charge on any atom is -0.456 e. The quantitative estimate of drug-likeness (QED) is 0.122. The Kier molecular flexibility index (Phi) is 11.9. The predicted octanol–water partition coefficient (Wildman–Crippen LogP) is 4.10. The number of carbonyl (C=O) groups excluding carboxylic acids is 5. The van der Waals surface area contributed by atoms with Crippen molar-refractivity contribution in [3.05, 3.63) is 119 Å². The SMILES string of the molecule is CC(=O)O[C@H]1C(=O)[C@@]2(C)[C@H]([C@H](OC(=O)c3ccccc3)[C@]3(O)C[C@H](OC(=O)[C@H](O)[C@@H](NCc4ccccc4)c4ccccc4)C(C)=C1C3(C)C)[C@]1(OC(C)=O)CO[C@@H]1C[C@@H]2O. The Hall–Kier alpha value is -5.25. The molecule has 3 aliphatic carbocycles. The fraction of sp³-hybridized carbons (Fsp3) is 0.468. The maximum atomic E-state index is 15.5. The maximum Gasteiger partial charge on any atom is 0.338 e. The van der Waals surface area contributed by atoms with Gasteiger partial charge in [0, 0.05) is 38.6 Å². The number of ether oxygens (including phenoxy) is 5. The third-order valence-corrected chi connectivity index (χ3v) is 13.5. The molecule has 324 valence electrons. The van der Waals surface area contributed by atoms with Crippen LogP contribution < -0.4 is 5.32 Å². The summed E-state index contributed by atoms with van der Waals surface area (Å²) < 4.78 is 30.4.